The van der Waals surface area contributed by atoms with Gasteiger partial charge in [-0.25, -0.2) is 0 Å². The van der Waals surface area contributed by atoms with Gasteiger partial charge in [-0.1, -0.05) is 15.9 Å². The molecule has 21 heavy (non-hydrogen) atoms. The number of halogens is 1. The summed E-state index contributed by atoms with van der Waals surface area (Å²) in [6.07, 6.45) is 3.47. The molecule has 0 amide bonds. The van der Waals surface area contributed by atoms with Crippen LogP contribution in [0.1, 0.15) is 0 Å². The van der Waals surface area contributed by atoms with Gasteiger partial charge in [0.15, 0.2) is 10.6 Å². The van der Waals surface area contributed by atoms with Crippen molar-refractivity contribution in [2.24, 2.45) is 0 Å². The SMILES string of the molecule is COc1cc(Br)cc(-n2c(-c3cccnc3)n[nH]c2=S)c1. The summed E-state index contributed by atoms with van der Waals surface area (Å²) >= 11 is 8.82. The fourth-order valence-electron chi connectivity index (χ4n) is 2.02. The molecular weight excluding hydrogens is 352 g/mol. The molecule has 3 rings (SSSR count). The van der Waals surface area contributed by atoms with Crippen LogP contribution in [0.5, 0.6) is 5.75 Å². The van der Waals surface area contributed by atoms with Gasteiger partial charge in [-0.2, -0.15) is 5.10 Å². The number of ether oxygens (including phenoxy) is 1. The number of nitrogens with one attached hydrogen (secondary N) is 1. The molecule has 2 heterocycles. The molecule has 1 N–H and O–H groups in total. The van der Waals surface area contributed by atoms with Crippen molar-refractivity contribution in [3.8, 4) is 22.8 Å². The highest BCUT2D eigenvalue weighted by Gasteiger charge is 2.12. The van der Waals surface area contributed by atoms with Crippen LogP contribution >= 0.6 is 28.1 Å². The molecule has 2 aromatic heterocycles. The number of hydrogen-bond donors (Lipinski definition) is 1. The molecule has 0 unspecified atom stereocenters. The standard InChI is InChI=1S/C14H11BrN4OS/c1-20-12-6-10(15)5-11(7-12)19-13(17-18-14(19)21)9-3-2-4-16-8-9/h2-8H,1H3,(H,18,21). The third-order valence-corrected chi connectivity index (χ3v) is 3.67. The molecular formula is C14H11BrN4OS. The molecule has 0 aliphatic heterocycles. The van der Waals surface area contributed by atoms with Gasteiger partial charge < -0.3 is 4.74 Å². The number of nitrogens with zero attached hydrogens (tertiary/aromatic N) is 3. The molecule has 0 radical (unpaired) electrons. The van der Waals surface area contributed by atoms with Crippen LogP contribution in [0, 0.1) is 4.77 Å². The molecule has 0 fully saturated rings. The maximum absolute atomic E-state index is 5.35. The summed E-state index contributed by atoms with van der Waals surface area (Å²) in [5.41, 5.74) is 1.74. The predicted molar refractivity (Wildman–Crippen MR) is 86.2 cm³/mol. The smallest absolute Gasteiger partial charge is 0.200 e. The Balaban J connectivity index is 2.22. The van der Waals surface area contributed by atoms with Crippen LogP contribution in [-0.4, -0.2) is 26.9 Å². The van der Waals surface area contributed by atoms with Gasteiger partial charge in [0.25, 0.3) is 0 Å². The molecule has 0 aliphatic rings. The Morgan fingerprint density at radius 3 is 2.90 bits per heavy atom. The highest BCUT2D eigenvalue weighted by atomic mass is 79.9. The summed E-state index contributed by atoms with van der Waals surface area (Å²) in [6.45, 7) is 0. The van der Waals surface area contributed by atoms with Gasteiger partial charge in [-0.15, -0.1) is 0 Å². The minimum atomic E-state index is 0.508. The average Bonchev–Trinajstić information content (AvgIpc) is 2.89. The predicted octanol–water partition coefficient (Wildman–Crippen LogP) is 3.76. The van der Waals surface area contributed by atoms with E-state index in [-0.39, 0.29) is 0 Å². The molecule has 0 saturated heterocycles. The zero-order valence-corrected chi connectivity index (χ0v) is 13.5. The first-order valence-corrected chi connectivity index (χ1v) is 7.32. The monoisotopic (exact) mass is 362 g/mol. The lowest BCUT2D eigenvalue weighted by Gasteiger charge is -2.09. The largest absolute Gasteiger partial charge is 0.497 e. The van der Waals surface area contributed by atoms with E-state index in [1.54, 1.807) is 19.5 Å². The molecule has 0 saturated carbocycles. The molecule has 0 atom stereocenters. The molecule has 0 aliphatic carbocycles. The Morgan fingerprint density at radius 2 is 2.19 bits per heavy atom. The van der Waals surface area contributed by atoms with Gasteiger partial charge in [0.1, 0.15) is 5.75 Å². The number of aromatic nitrogens is 4. The van der Waals surface area contributed by atoms with Crippen LogP contribution in [0.2, 0.25) is 0 Å². The third kappa shape index (κ3) is 2.74. The highest BCUT2D eigenvalue weighted by Crippen LogP contribution is 2.27. The summed E-state index contributed by atoms with van der Waals surface area (Å²) < 4.78 is 8.55. The van der Waals surface area contributed by atoms with Crippen molar-refractivity contribution in [3.05, 3.63) is 52.0 Å². The summed E-state index contributed by atoms with van der Waals surface area (Å²) in [4.78, 5) is 4.12. The van der Waals surface area contributed by atoms with Crippen molar-refractivity contribution < 1.29 is 4.74 Å². The minimum Gasteiger partial charge on any atom is -0.497 e. The van der Waals surface area contributed by atoms with E-state index in [4.69, 9.17) is 17.0 Å². The molecule has 0 spiro atoms. The maximum atomic E-state index is 5.35. The van der Waals surface area contributed by atoms with Gasteiger partial charge in [-0.05, 0) is 36.5 Å². The van der Waals surface area contributed by atoms with Crippen molar-refractivity contribution in [1.82, 2.24) is 19.7 Å². The summed E-state index contributed by atoms with van der Waals surface area (Å²) in [7, 11) is 1.63. The lowest BCUT2D eigenvalue weighted by Crippen LogP contribution is -1.99. The number of pyridine rings is 1. The normalized spacial score (nSPS) is 10.6. The van der Waals surface area contributed by atoms with E-state index in [1.807, 2.05) is 34.9 Å². The van der Waals surface area contributed by atoms with Crippen molar-refractivity contribution in [2.45, 2.75) is 0 Å². The van der Waals surface area contributed by atoms with Gasteiger partial charge in [0, 0.05) is 28.5 Å². The van der Waals surface area contributed by atoms with E-state index in [0.29, 0.717) is 10.6 Å². The van der Waals surface area contributed by atoms with Crippen molar-refractivity contribution >= 4 is 28.1 Å². The average molecular weight is 363 g/mol. The Bertz CT molecular complexity index is 828. The van der Waals surface area contributed by atoms with Gasteiger partial charge in [-0.3, -0.25) is 14.6 Å². The lowest BCUT2D eigenvalue weighted by atomic mass is 10.2. The van der Waals surface area contributed by atoms with Crippen LogP contribution in [0.15, 0.2) is 47.2 Å². The van der Waals surface area contributed by atoms with Crippen LogP contribution in [-0.2, 0) is 0 Å². The third-order valence-electron chi connectivity index (χ3n) is 2.94. The first-order valence-electron chi connectivity index (χ1n) is 6.12. The Kier molecular flexibility index (Phi) is 3.85. The van der Waals surface area contributed by atoms with Crippen LogP contribution in [0.4, 0.5) is 0 Å². The highest BCUT2D eigenvalue weighted by molar-refractivity contribution is 9.10. The maximum Gasteiger partial charge on any atom is 0.200 e. The lowest BCUT2D eigenvalue weighted by molar-refractivity contribution is 0.414. The quantitative estimate of drug-likeness (QED) is 0.720. The van der Waals surface area contributed by atoms with Gasteiger partial charge in [0.05, 0.1) is 12.8 Å². The Morgan fingerprint density at radius 1 is 1.33 bits per heavy atom. The Labute approximate surface area is 134 Å². The summed E-state index contributed by atoms with van der Waals surface area (Å²) in [5.74, 6) is 1.44. The van der Waals surface area contributed by atoms with E-state index in [0.717, 1.165) is 21.5 Å². The van der Waals surface area contributed by atoms with Crippen LogP contribution < -0.4 is 4.74 Å². The van der Waals surface area contributed by atoms with Gasteiger partial charge >= 0.3 is 0 Å². The zero-order chi connectivity index (χ0) is 14.8. The molecule has 7 heteroatoms. The second kappa shape index (κ2) is 5.79. The van der Waals surface area contributed by atoms with E-state index >= 15 is 0 Å². The fourth-order valence-corrected chi connectivity index (χ4v) is 2.72. The van der Waals surface area contributed by atoms with E-state index in [2.05, 4.69) is 31.1 Å². The molecule has 3 aromatic rings. The van der Waals surface area contributed by atoms with Crippen LogP contribution in [0.25, 0.3) is 17.1 Å². The fraction of sp³-hybridized carbons (Fsp3) is 0.0714. The van der Waals surface area contributed by atoms with Crippen molar-refractivity contribution in [2.75, 3.05) is 7.11 Å². The molecule has 106 valence electrons. The number of rotatable bonds is 3. The van der Waals surface area contributed by atoms with E-state index in [9.17, 15) is 0 Å². The first-order chi connectivity index (χ1) is 10.2. The first kappa shape index (κ1) is 14.0. The number of aromatic amines is 1. The zero-order valence-electron chi connectivity index (χ0n) is 11.1. The second-order valence-corrected chi connectivity index (χ2v) is 5.58. The number of benzene rings is 1. The molecule has 5 nitrogen and oxygen atoms in total. The summed E-state index contributed by atoms with van der Waals surface area (Å²) in [6, 6.07) is 9.53. The summed E-state index contributed by atoms with van der Waals surface area (Å²) in [5, 5.41) is 7.12. The van der Waals surface area contributed by atoms with Crippen molar-refractivity contribution in [1.29, 1.82) is 0 Å². The number of H-pyrrole nitrogens is 1. The van der Waals surface area contributed by atoms with Crippen molar-refractivity contribution in [3.63, 3.8) is 0 Å². The number of hydrogen-bond acceptors (Lipinski definition) is 4. The topological polar surface area (TPSA) is 55.7 Å². The Hall–Kier alpha value is -1.99. The van der Waals surface area contributed by atoms with E-state index < -0.39 is 0 Å². The van der Waals surface area contributed by atoms with Crippen LogP contribution in [0.3, 0.4) is 0 Å². The van der Waals surface area contributed by atoms with E-state index in [1.165, 1.54) is 0 Å². The minimum absolute atomic E-state index is 0.508. The molecule has 0 bridgehead atoms. The number of methoxy groups -OCH3 is 1. The van der Waals surface area contributed by atoms with Gasteiger partial charge in [0.2, 0.25) is 0 Å². The second-order valence-electron chi connectivity index (χ2n) is 4.28. The molecule has 1 aromatic carbocycles.